The minimum atomic E-state index is -3.31. The highest BCUT2D eigenvalue weighted by molar-refractivity contribution is 7.92. The number of nitrogens with one attached hydrogen (secondary N) is 2. The molecule has 1 aliphatic carbocycles. The zero-order valence-electron chi connectivity index (χ0n) is 15.2. The molecule has 2 N–H and O–H groups in total. The summed E-state index contributed by atoms with van der Waals surface area (Å²) in [6.45, 7) is 0.369. The predicted octanol–water partition coefficient (Wildman–Crippen LogP) is 3.90. The van der Waals surface area contributed by atoms with Crippen LogP contribution in [-0.2, 0) is 16.4 Å². The first-order valence-corrected chi connectivity index (χ1v) is 10.9. The van der Waals surface area contributed by atoms with E-state index in [9.17, 15) is 13.2 Å². The van der Waals surface area contributed by atoms with Crippen molar-refractivity contribution in [1.82, 2.24) is 10.3 Å². The molecule has 1 aromatic heterocycles. The minimum absolute atomic E-state index is 0.290. The van der Waals surface area contributed by atoms with Crippen molar-refractivity contribution in [3.05, 3.63) is 54.4 Å². The van der Waals surface area contributed by atoms with Gasteiger partial charge in [0.25, 0.3) is 0 Å². The summed E-state index contributed by atoms with van der Waals surface area (Å²) >= 11 is 0. The van der Waals surface area contributed by atoms with Crippen LogP contribution in [0.4, 0.5) is 10.5 Å². The fraction of sp³-hybridized carbons (Fsp3) is 0.400. The van der Waals surface area contributed by atoms with Crippen LogP contribution in [0.2, 0.25) is 0 Å². The van der Waals surface area contributed by atoms with Crippen molar-refractivity contribution in [2.24, 2.45) is 0 Å². The largest absolute Gasteiger partial charge is 0.334 e. The highest BCUT2D eigenvalue weighted by atomic mass is 32.2. The lowest BCUT2D eigenvalue weighted by Gasteiger charge is -2.15. The maximum atomic E-state index is 12.8. The minimum Gasteiger partial charge on any atom is -0.334 e. The molecule has 2 aromatic rings. The quantitative estimate of drug-likeness (QED) is 0.762. The summed E-state index contributed by atoms with van der Waals surface area (Å²) in [5, 5.41) is 5.17. The highest BCUT2D eigenvalue weighted by Gasteiger charge is 2.27. The van der Waals surface area contributed by atoms with E-state index in [4.69, 9.17) is 0 Å². The van der Waals surface area contributed by atoms with Crippen LogP contribution in [0.25, 0.3) is 0 Å². The molecule has 0 unspecified atom stereocenters. The standard InChI is InChI=1S/C20H25N3O3S/c24-20(22-15-16-6-5-13-21-14-16)23-17-9-11-19(12-10-17)27(25,26)18-7-3-1-2-4-8-18/h5-6,9-14,18H,1-4,7-8,15H2,(H2,22,23,24). The number of carbonyl (C=O) groups is 1. The third kappa shape index (κ3) is 5.29. The summed E-state index contributed by atoms with van der Waals surface area (Å²) in [5.74, 6) is 0. The first-order chi connectivity index (χ1) is 13.1. The maximum absolute atomic E-state index is 12.8. The van der Waals surface area contributed by atoms with Crippen LogP contribution >= 0.6 is 0 Å². The van der Waals surface area contributed by atoms with Crippen molar-refractivity contribution in [2.45, 2.75) is 55.2 Å². The maximum Gasteiger partial charge on any atom is 0.319 e. The number of nitrogens with zero attached hydrogens (tertiary/aromatic N) is 1. The van der Waals surface area contributed by atoms with E-state index in [0.717, 1.165) is 44.1 Å². The predicted molar refractivity (Wildman–Crippen MR) is 105 cm³/mol. The van der Waals surface area contributed by atoms with E-state index < -0.39 is 9.84 Å². The van der Waals surface area contributed by atoms with E-state index in [-0.39, 0.29) is 11.3 Å². The molecule has 144 valence electrons. The molecule has 7 heteroatoms. The van der Waals surface area contributed by atoms with Gasteiger partial charge in [0.2, 0.25) is 0 Å². The number of benzene rings is 1. The molecule has 1 fully saturated rings. The molecular weight excluding hydrogens is 362 g/mol. The SMILES string of the molecule is O=C(NCc1cccnc1)Nc1ccc(S(=O)(=O)C2CCCCCC2)cc1. The van der Waals surface area contributed by atoms with Gasteiger partial charge >= 0.3 is 6.03 Å². The van der Waals surface area contributed by atoms with Gasteiger partial charge in [-0.1, -0.05) is 31.7 Å². The van der Waals surface area contributed by atoms with E-state index in [2.05, 4.69) is 15.6 Å². The summed E-state index contributed by atoms with van der Waals surface area (Å²) in [7, 11) is -3.31. The molecule has 1 heterocycles. The Kier molecular flexibility index (Phi) is 6.45. The van der Waals surface area contributed by atoms with Gasteiger partial charge in [-0.3, -0.25) is 4.98 Å². The van der Waals surface area contributed by atoms with Crippen LogP contribution in [0.15, 0.2) is 53.7 Å². The normalized spacial score (nSPS) is 15.7. The van der Waals surface area contributed by atoms with Gasteiger partial charge in [-0.25, -0.2) is 13.2 Å². The van der Waals surface area contributed by atoms with Crippen molar-refractivity contribution in [3.63, 3.8) is 0 Å². The Morgan fingerprint density at radius 3 is 2.37 bits per heavy atom. The lowest BCUT2D eigenvalue weighted by molar-refractivity contribution is 0.251. The van der Waals surface area contributed by atoms with E-state index >= 15 is 0 Å². The van der Waals surface area contributed by atoms with Gasteiger partial charge in [0.1, 0.15) is 0 Å². The van der Waals surface area contributed by atoms with Crippen LogP contribution in [-0.4, -0.2) is 24.7 Å². The molecule has 1 saturated carbocycles. The summed E-state index contributed by atoms with van der Waals surface area (Å²) in [6.07, 6.45) is 9.01. The average Bonchev–Trinajstić information content (AvgIpc) is 2.98. The Balaban J connectivity index is 1.58. The van der Waals surface area contributed by atoms with Gasteiger partial charge in [0, 0.05) is 24.6 Å². The van der Waals surface area contributed by atoms with E-state index in [0.29, 0.717) is 17.1 Å². The van der Waals surface area contributed by atoms with Gasteiger partial charge in [-0.05, 0) is 48.7 Å². The average molecular weight is 388 g/mol. The lowest BCUT2D eigenvalue weighted by Crippen LogP contribution is -2.28. The van der Waals surface area contributed by atoms with Gasteiger partial charge in [-0.2, -0.15) is 0 Å². The van der Waals surface area contributed by atoms with Crippen molar-refractivity contribution in [1.29, 1.82) is 0 Å². The van der Waals surface area contributed by atoms with Crippen molar-refractivity contribution < 1.29 is 13.2 Å². The van der Waals surface area contributed by atoms with Crippen molar-refractivity contribution in [3.8, 4) is 0 Å². The number of sulfone groups is 1. The number of amides is 2. The molecule has 2 amide bonds. The number of aromatic nitrogens is 1. The fourth-order valence-electron chi connectivity index (χ4n) is 3.33. The molecule has 1 aromatic carbocycles. The summed E-state index contributed by atoms with van der Waals surface area (Å²) < 4.78 is 25.7. The topological polar surface area (TPSA) is 88.2 Å². The van der Waals surface area contributed by atoms with E-state index in [1.165, 1.54) is 0 Å². The molecule has 27 heavy (non-hydrogen) atoms. The van der Waals surface area contributed by atoms with Gasteiger partial charge in [-0.15, -0.1) is 0 Å². The Labute approximate surface area is 160 Å². The van der Waals surface area contributed by atoms with Crippen LogP contribution in [0.1, 0.15) is 44.1 Å². The lowest BCUT2D eigenvalue weighted by atomic mass is 10.2. The number of hydrogen-bond donors (Lipinski definition) is 2. The highest BCUT2D eigenvalue weighted by Crippen LogP contribution is 2.28. The Morgan fingerprint density at radius 2 is 1.74 bits per heavy atom. The number of hydrogen-bond acceptors (Lipinski definition) is 4. The second kappa shape index (κ2) is 8.99. The van der Waals surface area contributed by atoms with E-state index in [1.54, 1.807) is 36.7 Å². The molecule has 0 bridgehead atoms. The van der Waals surface area contributed by atoms with Crippen LogP contribution in [0.5, 0.6) is 0 Å². The fourth-order valence-corrected chi connectivity index (χ4v) is 5.19. The molecule has 0 saturated heterocycles. The Morgan fingerprint density at radius 1 is 1.04 bits per heavy atom. The molecular formula is C20H25N3O3S. The second-order valence-electron chi connectivity index (χ2n) is 6.85. The molecule has 1 aliphatic rings. The molecule has 0 spiro atoms. The van der Waals surface area contributed by atoms with Gasteiger partial charge < -0.3 is 10.6 Å². The third-order valence-electron chi connectivity index (χ3n) is 4.86. The molecule has 0 atom stereocenters. The zero-order chi connectivity index (χ0) is 19.1. The zero-order valence-corrected chi connectivity index (χ0v) is 16.0. The number of rotatable bonds is 5. The Hall–Kier alpha value is -2.41. The molecule has 0 radical (unpaired) electrons. The first-order valence-electron chi connectivity index (χ1n) is 9.33. The molecule has 0 aliphatic heterocycles. The van der Waals surface area contributed by atoms with E-state index in [1.807, 2.05) is 12.1 Å². The second-order valence-corrected chi connectivity index (χ2v) is 9.08. The summed E-state index contributed by atoms with van der Waals surface area (Å²) in [5.41, 5.74) is 1.45. The van der Waals surface area contributed by atoms with Crippen LogP contribution < -0.4 is 10.6 Å². The monoisotopic (exact) mass is 387 g/mol. The smallest absolute Gasteiger partial charge is 0.319 e. The first kappa shape index (κ1) is 19.4. The van der Waals surface area contributed by atoms with Gasteiger partial charge in [0.15, 0.2) is 9.84 Å². The van der Waals surface area contributed by atoms with Crippen molar-refractivity contribution in [2.75, 3.05) is 5.32 Å². The third-order valence-corrected chi connectivity index (χ3v) is 7.14. The number of anilines is 1. The number of urea groups is 1. The number of pyridine rings is 1. The summed E-state index contributed by atoms with van der Waals surface area (Å²) in [6, 6.07) is 9.76. The summed E-state index contributed by atoms with van der Waals surface area (Å²) in [4.78, 5) is 16.3. The molecule has 3 rings (SSSR count). The molecule has 6 nitrogen and oxygen atoms in total. The van der Waals surface area contributed by atoms with Crippen molar-refractivity contribution >= 4 is 21.6 Å². The van der Waals surface area contributed by atoms with Crippen LogP contribution in [0.3, 0.4) is 0 Å². The Bertz CT molecular complexity index is 844. The van der Waals surface area contributed by atoms with Crippen LogP contribution in [0, 0.1) is 0 Å². The number of carbonyl (C=O) groups excluding carboxylic acids is 1. The van der Waals surface area contributed by atoms with Gasteiger partial charge in [0.05, 0.1) is 10.1 Å².